The van der Waals surface area contributed by atoms with Gasteiger partial charge in [0, 0.05) is 5.70 Å². The Kier molecular flexibility index (Phi) is 3.51. The average molecular weight is 257 g/mol. The summed E-state index contributed by atoms with van der Waals surface area (Å²) in [5, 5.41) is 2.64. The third-order valence-corrected chi connectivity index (χ3v) is 2.93. The summed E-state index contributed by atoms with van der Waals surface area (Å²) < 4.78 is 4.71. The molecule has 98 valence electrons. The number of allylic oxidation sites excluding steroid dienone is 1. The molecule has 0 fully saturated rings. The van der Waals surface area contributed by atoms with Crippen molar-refractivity contribution < 1.29 is 14.3 Å². The van der Waals surface area contributed by atoms with Crippen molar-refractivity contribution in [2.24, 2.45) is 0 Å². The molecule has 4 heteroatoms. The fraction of sp³-hybridized carbons (Fsp3) is 0.200. The van der Waals surface area contributed by atoms with Gasteiger partial charge in [0.25, 0.3) is 5.91 Å². The Morgan fingerprint density at radius 1 is 1.32 bits per heavy atom. The molecule has 0 unspecified atom stereocenters. The van der Waals surface area contributed by atoms with E-state index < -0.39 is 5.97 Å². The lowest BCUT2D eigenvalue weighted by Gasteiger charge is -2.03. The summed E-state index contributed by atoms with van der Waals surface area (Å²) in [7, 11) is 1.30. The zero-order valence-electron chi connectivity index (χ0n) is 11.1. The van der Waals surface area contributed by atoms with Crippen molar-refractivity contribution >= 4 is 18.0 Å². The molecule has 1 heterocycles. The molecule has 19 heavy (non-hydrogen) atoms. The number of aryl methyl sites for hydroxylation is 1. The molecule has 2 rings (SSSR count). The standard InChI is InChI=1S/C15H15NO3/c1-9-5-4-6-11(7-9)8-12-13(15(18)19-3)10(2)16-14(12)17/h4-8H,1-3H3,(H,16,17). The molecule has 1 aliphatic rings. The molecule has 1 aromatic rings. The van der Waals surface area contributed by atoms with Gasteiger partial charge in [0.2, 0.25) is 0 Å². The van der Waals surface area contributed by atoms with Crippen LogP contribution in [0.4, 0.5) is 0 Å². The van der Waals surface area contributed by atoms with Crippen LogP contribution in [0.25, 0.3) is 6.08 Å². The van der Waals surface area contributed by atoms with Crippen molar-refractivity contribution in [3.63, 3.8) is 0 Å². The highest BCUT2D eigenvalue weighted by Crippen LogP contribution is 2.24. The normalized spacial score (nSPS) is 16.8. The highest BCUT2D eigenvalue weighted by atomic mass is 16.5. The van der Waals surface area contributed by atoms with Crippen LogP contribution >= 0.6 is 0 Å². The first-order valence-corrected chi connectivity index (χ1v) is 5.92. The summed E-state index contributed by atoms with van der Waals surface area (Å²) in [5.74, 6) is -0.783. The minimum absolute atomic E-state index is 0.278. The predicted octanol–water partition coefficient (Wildman–Crippen LogP) is 1.96. The maximum Gasteiger partial charge on any atom is 0.340 e. The van der Waals surface area contributed by atoms with E-state index >= 15 is 0 Å². The molecule has 1 N–H and O–H groups in total. The van der Waals surface area contributed by atoms with Gasteiger partial charge in [-0.3, -0.25) is 4.79 Å². The number of benzene rings is 1. The van der Waals surface area contributed by atoms with Gasteiger partial charge in [-0.2, -0.15) is 0 Å². The minimum atomic E-state index is -0.505. The van der Waals surface area contributed by atoms with Crippen LogP contribution in [0.5, 0.6) is 0 Å². The summed E-state index contributed by atoms with van der Waals surface area (Å²) in [6.45, 7) is 3.65. The molecule has 0 saturated carbocycles. The van der Waals surface area contributed by atoms with Gasteiger partial charge in [0.15, 0.2) is 0 Å². The van der Waals surface area contributed by atoms with Crippen molar-refractivity contribution in [2.45, 2.75) is 13.8 Å². The van der Waals surface area contributed by atoms with Crippen LogP contribution in [-0.2, 0) is 14.3 Å². The van der Waals surface area contributed by atoms with E-state index in [2.05, 4.69) is 5.32 Å². The Morgan fingerprint density at radius 2 is 2.05 bits per heavy atom. The molecule has 0 spiro atoms. The lowest BCUT2D eigenvalue weighted by atomic mass is 10.0. The molecule has 1 aromatic carbocycles. The van der Waals surface area contributed by atoms with E-state index in [1.165, 1.54) is 7.11 Å². The Hall–Kier alpha value is -2.36. The number of hydrogen-bond donors (Lipinski definition) is 1. The molecule has 0 bridgehead atoms. The highest BCUT2D eigenvalue weighted by molar-refractivity contribution is 6.16. The Labute approximate surface area is 111 Å². The summed E-state index contributed by atoms with van der Waals surface area (Å²) >= 11 is 0. The second kappa shape index (κ2) is 5.10. The van der Waals surface area contributed by atoms with Crippen LogP contribution in [0.15, 0.2) is 41.1 Å². The molecular weight excluding hydrogens is 242 g/mol. The third kappa shape index (κ3) is 2.57. The smallest absolute Gasteiger partial charge is 0.340 e. The molecule has 0 aliphatic carbocycles. The second-order valence-electron chi connectivity index (χ2n) is 4.42. The Morgan fingerprint density at radius 3 is 2.68 bits per heavy atom. The molecule has 0 saturated heterocycles. The Bertz CT molecular complexity index is 612. The number of esters is 1. The molecule has 0 atom stereocenters. The molecule has 0 aromatic heterocycles. The van der Waals surface area contributed by atoms with Crippen LogP contribution in [0.1, 0.15) is 18.1 Å². The molecule has 1 amide bonds. The zero-order valence-corrected chi connectivity index (χ0v) is 11.1. The van der Waals surface area contributed by atoms with Gasteiger partial charge in [-0.1, -0.05) is 29.8 Å². The van der Waals surface area contributed by atoms with Gasteiger partial charge in [-0.15, -0.1) is 0 Å². The monoisotopic (exact) mass is 257 g/mol. The van der Waals surface area contributed by atoms with Gasteiger partial charge in [0.05, 0.1) is 18.3 Å². The van der Waals surface area contributed by atoms with E-state index in [0.29, 0.717) is 16.8 Å². The molecule has 4 nitrogen and oxygen atoms in total. The van der Waals surface area contributed by atoms with Gasteiger partial charge >= 0.3 is 5.97 Å². The predicted molar refractivity (Wildman–Crippen MR) is 72.0 cm³/mol. The van der Waals surface area contributed by atoms with Crippen molar-refractivity contribution in [1.82, 2.24) is 5.32 Å². The molecular formula is C15H15NO3. The summed E-state index contributed by atoms with van der Waals surface area (Å²) in [6, 6.07) is 7.71. The summed E-state index contributed by atoms with van der Waals surface area (Å²) in [4.78, 5) is 23.6. The van der Waals surface area contributed by atoms with Crippen LogP contribution < -0.4 is 5.32 Å². The third-order valence-electron chi connectivity index (χ3n) is 2.93. The van der Waals surface area contributed by atoms with E-state index in [4.69, 9.17) is 4.74 Å². The number of carbonyl (C=O) groups is 2. The topological polar surface area (TPSA) is 55.4 Å². The van der Waals surface area contributed by atoms with Crippen LogP contribution in [-0.4, -0.2) is 19.0 Å². The van der Waals surface area contributed by atoms with Gasteiger partial charge in [-0.25, -0.2) is 4.79 Å². The first kappa shape index (κ1) is 13.1. The van der Waals surface area contributed by atoms with Crippen molar-refractivity contribution in [3.8, 4) is 0 Å². The Balaban J connectivity index is 2.47. The number of rotatable bonds is 2. The zero-order chi connectivity index (χ0) is 14.0. The number of methoxy groups -OCH3 is 1. The first-order chi connectivity index (χ1) is 9.02. The SMILES string of the molecule is COC(=O)C1=C(C)NC(=O)C1=Cc1cccc(C)c1. The lowest BCUT2D eigenvalue weighted by molar-refractivity contribution is -0.136. The van der Waals surface area contributed by atoms with E-state index in [0.717, 1.165) is 11.1 Å². The van der Waals surface area contributed by atoms with E-state index in [1.54, 1.807) is 13.0 Å². The lowest BCUT2D eigenvalue weighted by Crippen LogP contribution is -2.15. The number of hydrogen-bond acceptors (Lipinski definition) is 3. The quantitative estimate of drug-likeness (QED) is 0.651. The van der Waals surface area contributed by atoms with Crippen molar-refractivity contribution in [3.05, 3.63) is 52.2 Å². The highest BCUT2D eigenvalue weighted by Gasteiger charge is 2.30. The second-order valence-corrected chi connectivity index (χ2v) is 4.42. The molecule has 0 radical (unpaired) electrons. The average Bonchev–Trinajstić information content (AvgIpc) is 2.63. The maximum absolute atomic E-state index is 11.9. The van der Waals surface area contributed by atoms with E-state index in [-0.39, 0.29) is 5.91 Å². The number of carbonyl (C=O) groups excluding carboxylic acids is 2. The minimum Gasteiger partial charge on any atom is -0.465 e. The van der Waals surface area contributed by atoms with Crippen LogP contribution in [0, 0.1) is 6.92 Å². The van der Waals surface area contributed by atoms with Gasteiger partial charge < -0.3 is 10.1 Å². The fourth-order valence-corrected chi connectivity index (χ4v) is 2.05. The van der Waals surface area contributed by atoms with Crippen LogP contribution in [0.3, 0.4) is 0 Å². The number of nitrogens with one attached hydrogen (secondary N) is 1. The van der Waals surface area contributed by atoms with Gasteiger partial charge in [0.1, 0.15) is 0 Å². The summed E-state index contributed by atoms with van der Waals surface area (Å²) in [6.07, 6.45) is 1.70. The number of ether oxygens (including phenoxy) is 1. The van der Waals surface area contributed by atoms with Crippen LogP contribution in [0.2, 0.25) is 0 Å². The van der Waals surface area contributed by atoms with Crippen molar-refractivity contribution in [2.75, 3.05) is 7.11 Å². The first-order valence-electron chi connectivity index (χ1n) is 5.92. The van der Waals surface area contributed by atoms with E-state index in [1.807, 2.05) is 31.2 Å². The van der Waals surface area contributed by atoms with Crippen molar-refractivity contribution in [1.29, 1.82) is 0 Å². The fourth-order valence-electron chi connectivity index (χ4n) is 2.05. The maximum atomic E-state index is 11.9. The van der Waals surface area contributed by atoms with E-state index in [9.17, 15) is 9.59 Å². The molecule has 1 aliphatic heterocycles. The number of amides is 1. The van der Waals surface area contributed by atoms with Gasteiger partial charge in [-0.05, 0) is 25.5 Å². The largest absolute Gasteiger partial charge is 0.465 e. The summed E-state index contributed by atoms with van der Waals surface area (Å²) in [5.41, 5.74) is 3.13.